The zero-order chi connectivity index (χ0) is 18.1. The number of rotatable bonds is 5. The van der Waals surface area contributed by atoms with E-state index in [9.17, 15) is 4.79 Å². The molecule has 3 rings (SSSR count). The Bertz CT molecular complexity index is 977. The standard InChI is InChI=1S/C18H20Cl2N4O/c1-4-6-10(3)24-14(5-2)21-16-15(22-23-18(25)17(16)24)12-8-7-11(19)9-13(12)20/h7-10H,4-6H2,1-3H3,(H,23,25). The predicted molar refractivity (Wildman–Crippen MR) is 103 cm³/mol. The molecule has 132 valence electrons. The molecule has 2 heterocycles. The molecule has 1 atom stereocenters. The summed E-state index contributed by atoms with van der Waals surface area (Å²) in [6.07, 6.45) is 2.73. The predicted octanol–water partition coefficient (Wildman–Crippen LogP) is 5.02. The van der Waals surface area contributed by atoms with Crippen molar-refractivity contribution in [1.29, 1.82) is 0 Å². The van der Waals surface area contributed by atoms with Crippen LogP contribution in [-0.4, -0.2) is 19.7 Å². The first-order chi connectivity index (χ1) is 12.0. The van der Waals surface area contributed by atoms with E-state index in [1.54, 1.807) is 18.2 Å². The van der Waals surface area contributed by atoms with Crippen molar-refractivity contribution in [2.24, 2.45) is 0 Å². The number of halogens is 2. The molecule has 0 amide bonds. The SMILES string of the molecule is CCCC(C)n1c(CC)nc2c(-c3ccc(Cl)cc3Cl)n[nH]c(=O)c21. The van der Waals surface area contributed by atoms with Crippen LogP contribution < -0.4 is 5.56 Å². The van der Waals surface area contributed by atoms with Crippen molar-refractivity contribution in [3.8, 4) is 11.3 Å². The number of hydrogen-bond donors (Lipinski definition) is 1. The van der Waals surface area contributed by atoms with Gasteiger partial charge in [-0.1, -0.05) is 43.5 Å². The molecule has 5 nitrogen and oxygen atoms in total. The molecule has 1 unspecified atom stereocenters. The number of hydrogen-bond acceptors (Lipinski definition) is 3. The fourth-order valence-electron chi connectivity index (χ4n) is 3.21. The third-order valence-electron chi connectivity index (χ3n) is 4.34. The summed E-state index contributed by atoms with van der Waals surface area (Å²) < 4.78 is 2.03. The van der Waals surface area contributed by atoms with Crippen LogP contribution in [0, 0.1) is 0 Å². The van der Waals surface area contributed by atoms with E-state index in [-0.39, 0.29) is 11.6 Å². The normalized spacial score (nSPS) is 12.7. The molecule has 0 radical (unpaired) electrons. The van der Waals surface area contributed by atoms with Crippen molar-refractivity contribution >= 4 is 34.2 Å². The molecule has 0 aliphatic heterocycles. The monoisotopic (exact) mass is 378 g/mol. The maximum absolute atomic E-state index is 12.5. The Morgan fingerprint density at radius 2 is 2.04 bits per heavy atom. The van der Waals surface area contributed by atoms with Crippen LogP contribution in [0.25, 0.3) is 22.3 Å². The van der Waals surface area contributed by atoms with Gasteiger partial charge in [0.15, 0.2) is 0 Å². The number of aromatic nitrogens is 4. The fourth-order valence-corrected chi connectivity index (χ4v) is 3.71. The number of imidazole rings is 1. The number of nitrogens with one attached hydrogen (secondary N) is 1. The van der Waals surface area contributed by atoms with E-state index < -0.39 is 0 Å². The molecule has 0 saturated carbocycles. The van der Waals surface area contributed by atoms with Gasteiger partial charge in [-0.05, 0) is 31.5 Å². The molecular weight excluding hydrogens is 359 g/mol. The Morgan fingerprint density at radius 1 is 1.28 bits per heavy atom. The van der Waals surface area contributed by atoms with E-state index >= 15 is 0 Å². The van der Waals surface area contributed by atoms with Gasteiger partial charge < -0.3 is 4.57 Å². The van der Waals surface area contributed by atoms with Crippen LogP contribution in [0.15, 0.2) is 23.0 Å². The van der Waals surface area contributed by atoms with Crippen LogP contribution in [0.1, 0.15) is 45.5 Å². The summed E-state index contributed by atoms with van der Waals surface area (Å²) in [7, 11) is 0. The first-order valence-corrected chi connectivity index (χ1v) is 9.18. The minimum Gasteiger partial charge on any atom is -0.321 e. The lowest BCUT2D eigenvalue weighted by Gasteiger charge is -2.16. The van der Waals surface area contributed by atoms with Gasteiger partial charge in [0, 0.05) is 23.0 Å². The molecule has 2 aromatic heterocycles. The highest BCUT2D eigenvalue weighted by Gasteiger charge is 2.22. The van der Waals surface area contributed by atoms with Gasteiger partial charge in [-0.3, -0.25) is 4.79 Å². The van der Waals surface area contributed by atoms with Gasteiger partial charge in [-0.15, -0.1) is 0 Å². The second kappa shape index (κ2) is 7.18. The molecule has 25 heavy (non-hydrogen) atoms. The highest BCUT2D eigenvalue weighted by Crippen LogP contribution is 2.33. The molecular formula is C18H20Cl2N4O. The third-order valence-corrected chi connectivity index (χ3v) is 4.89. The van der Waals surface area contributed by atoms with Gasteiger partial charge in [0.2, 0.25) is 0 Å². The molecule has 3 aromatic rings. The second-order valence-electron chi connectivity index (χ2n) is 6.11. The molecule has 0 bridgehead atoms. The lowest BCUT2D eigenvalue weighted by molar-refractivity contribution is 0.495. The minimum atomic E-state index is -0.237. The van der Waals surface area contributed by atoms with Crippen LogP contribution in [0.3, 0.4) is 0 Å². The van der Waals surface area contributed by atoms with Gasteiger partial charge in [0.05, 0.1) is 5.02 Å². The maximum atomic E-state index is 12.5. The maximum Gasteiger partial charge on any atom is 0.290 e. The van der Waals surface area contributed by atoms with Crippen molar-refractivity contribution in [2.75, 3.05) is 0 Å². The number of aromatic amines is 1. The van der Waals surface area contributed by atoms with Crippen LogP contribution in [0.2, 0.25) is 10.0 Å². The largest absolute Gasteiger partial charge is 0.321 e. The van der Waals surface area contributed by atoms with E-state index in [0.717, 1.165) is 25.1 Å². The van der Waals surface area contributed by atoms with Gasteiger partial charge in [-0.25, -0.2) is 10.1 Å². The average molecular weight is 379 g/mol. The summed E-state index contributed by atoms with van der Waals surface area (Å²) in [5.41, 5.74) is 2.15. The fraction of sp³-hybridized carbons (Fsp3) is 0.389. The van der Waals surface area contributed by atoms with E-state index in [1.807, 2.05) is 11.5 Å². The number of benzene rings is 1. The van der Waals surface area contributed by atoms with Crippen LogP contribution in [0.5, 0.6) is 0 Å². The topological polar surface area (TPSA) is 63.6 Å². The number of aryl methyl sites for hydroxylation is 1. The average Bonchev–Trinajstić information content (AvgIpc) is 2.97. The highest BCUT2D eigenvalue weighted by molar-refractivity contribution is 6.36. The van der Waals surface area contributed by atoms with Crippen molar-refractivity contribution in [3.05, 3.63) is 44.4 Å². The van der Waals surface area contributed by atoms with Crippen LogP contribution >= 0.6 is 23.2 Å². The Labute approximate surface area is 156 Å². The summed E-state index contributed by atoms with van der Waals surface area (Å²) in [6.45, 7) is 6.28. The zero-order valence-electron chi connectivity index (χ0n) is 14.4. The number of fused-ring (bicyclic) bond motifs is 1. The Hall–Kier alpha value is -1.85. The lowest BCUT2D eigenvalue weighted by atomic mass is 10.1. The number of H-pyrrole nitrogens is 1. The molecule has 0 spiro atoms. The molecule has 0 aliphatic rings. The summed E-state index contributed by atoms with van der Waals surface area (Å²) in [4.78, 5) is 17.3. The minimum absolute atomic E-state index is 0.182. The Morgan fingerprint density at radius 3 is 2.68 bits per heavy atom. The van der Waals surface area contributed by atoms with Crippen molar-refractivity contribution in [2.45, 2.75) is 46.1 Å². The summed E-state index contributed by atoms with van der Waals surface area (Å²) in [5, 5.41) is 7.84. The van der Waals surface area contributed by atoms with Crippen molar-refractivity contribution in [1.82, 2.24) is 19.7 Å². The summed E-state index contributed by atoms with van der Waals surface area (Å²) >= 11 is 12.3. The molecule has 1 aromatic carbocycles. The van der Waals surface area contributed by atoms with Gasteiger partial charge in [0.25, 0.3) is 5.56 Å². The van der Waals surface area contributed by atoms with Gasteiger partial charge in [0.1, 0.15) is 22.6 Å². The first kappa shape index (κ1) is 18.0. The Balaban J connectivity index is 2.33. The van der Waals surface area contributed by atoms with Crippen molar-refractivity contribution in [3.63, 3.8) is 0 Å². The van der Waals surface area contributed by atoms with E-state index in [4.69, 9.17) is 28.2 Å². The van der Waals surface area contributed by atoms with E-state index in [0.29, 0.717) is 32.3 Å². The molecule has 7 heteroatoms. The molecule has 0 saturated heterocycles. The number of nitrogens with zero attached hydrogens (tertiary/aromatic N) is 3. The molecule has 0 aliphatic carbocycles. The molecule has 1 N–H and O–H groups in total. The van der Waals surface area contributed by atoms with Crippen LogP contribution in [-0.2, 0) is 6.42 Å². The Kier molecular flexibility index (Phi) is 5.16. The summed E-state index contributed by atoms with van der Waals surface area (Å²) in [5.74, 6) is 0.876. The third kappa shape index (κ3) is 3.18. The highest BCUT2D eigenvalue weighted by atomic mass is 35.5. The van der Waals surface area contributed by atoms with E-state index in [1.165, 1.54) is 0 Å². The first-order valence-electron chi connectivity index (χ1n) is 8.42. The van der Waals surface area contributed by atoms with Gasteiger partial charge in [-0.2, -0.15) is 5.10 Å². The van der Waals surface area contributed by atoms with E-state index in [2.05, 4.69) is 24.0 Å². The summed E-state index contributed by atoms with van der Waals surface area (Å²) in [6, 6.07) is 5.39. The zero-order valence-corrected chi connectivity index (χ0v) is 15.9. The van der Waals surface area contributed by atoms with Gasteiger partial charge >= 0.3 is 0 Å². The second-order valence-corrected chi connectivity index (χ2v) is 6.96. The lowest BCUT2D eigenvalue weighted by Crippen LogP contribution is -2.17. The van der Waals surface area contributed by atoms with Crippen LogP contribution in [0.4, 0.5) is 0 Å². The van der Waals surface area contributed by atoms with Crippen molar-refractivity contribution < 1.29 is 0 Å². The quantitative estimate of drug-likeness (QED) is 0.677. The molecule has 0 fully saturated rings. The smallest absolute Gasteiger partial charge is 0.290 e.